The average Bonchev–Trinajstić information content (AvgIpc) is 2.84. The molecule has 3 aromatic rings. The third-order valence-electron chi connectivity index (χ3n) is 5.76. The highest BCUT2D eigenvalue weighted by molar-refractivity contribution is 6.04. The van der Waals surface area contributed by atoms with E-state index >= 15 is 0 Å². The minimum atomic E-state index is -0.578. The second-order valence-electron chi connectivity index (χ2n) is 7.63. The van der Waals surface area contributed by atoms with Gasteiger partial charge in [-0.3, -0.25) is 9.59 Å². The van der Waals surface area contributed by atoms with Crippen molar-refractivity contribution >= 4 is 17.5 Å². The average molecular weight is 431 g/mol. The first-order chi connectivity index (χ1) is 15.6. The number of nitrogens with zero attached hydrogens (tertiary/aromatic N) is 1. The van der Waals surface area contributed by atoms with Crippen LogP contribution in [0, 0.1) is 0 Å². The maximum Gasteiger partial charge on any atom is 0.254 e. The molecule has 1 aliphatic rings. The van der Waals surface area contributed by atoms with E-state index in [1.807, 2.05) is 48.5 Å². The SMILES string of the molecule is COCCN1C(=O)c2ccccc2[C@H](C(=O)Nc2ccc(OC)cc2)[C@@H]1c1ccccc1. The monoisotopic (exact) mass is 430 g/mol. The van der Waals surface area contributed by atoms with E-state index < -0.39 is 12.0 Å². The van der Waals surface area contributed by atoms with E-state index in [-0.39, 0.29) is 11.8 Å². The van der Waals surface area contributed by atoms with Crippen molar-refractivity contribution in [2.75, 3.05) is 32.7 Å². The number of fused-ring (bicyclic) bond motifs is 1. The summed E-state index contributed by atoms with van der Waals surface area (Å²) < 4.78 is 10.5. The molecule has 1 heterocycles. The molecule has 0 aliphatic carbocycles. The summed E-state index contributed by atoms with van der Waals surface area (Å²) in [4.78, 5) is 28.9. The second-order valence-corrected chi connectivity index (χ2v) is 7.63. The van der Waals surface area contributed by atoms with Gasteiger partial charge in [0, 0.05) is 24.9 Å². The first-order valence-electron chi connectivity index (χ1n) is 10.5. The molecule has 1 aliphatic heterocycles. The number of nitrogens with one attached hydrogen (secondary N) is 1. The van der Waals surface area contributed by atoms with Crippen LogP contribution in [-0.2, 0) is 9.53 Å². The zero-order valence-electron chi connectivity index (χ0n) is 18.2. The molecule has 0 aromatic heterocycles. The van der Waals surface area contributed by atoms with Crippen molar-refractivity contribution in [2.24, 2.45) is 0 Å². The summed E-state index contributed by atoms with van der Waals surface area (Å²) in [5, 5.41) is 3.03. The Kier molecular flexibility index (Phi) is 6.52. The first kappa shape index (κ1) is 21.6. The molecule has 2 atom stereocenters. The fourth-order valence-corrected chi connectivity index (χ4v) is 4.23. The highest BCUT2D eigenvalue weighted by atomic mass is 16.5. The third-order valence-corrected chi connectivity index (χ3v) is 5.76. The van der Waals surface area contributed by atoms with Crippen LogP contribution in [0.4, 0.5) is 5.69 Å². The summed E-state index contributed by atoms with van der Waals surface area (Å²) in [7, 11) is 3.20. The number of carbonyl (C=O) groups excluding carboxylic acids is 2. The van der Waals surface area contributed by atoms with Gasteiger partial charge in [0.2, 0.25) is 5.91 Å². The molecule has 0 bridgehead atoms. The van der Waals surface area contributed by atoms with Crippen molar-refractivity contribution in [3.05, 3.63) is 95.6 Å². The van der Waals surface area contributed by atoms with Crippen molar-refractivity contribution in [3.63, 3.8) is 0 Å². The summed E-state index contributed by atoms with van der Waals surface area (Å²) in [6.07, 6.45) is 0. The molecule has 0 radical (unpaired) electrons. The Morgan fingerprint density at radius 2 is 1.62 bits per heavy atom. The molecular formula is C26H26N2O4. The Balaban J connectivity index is 1.78. The predicted molar refractivity (Wildman–Crippen MR) is 123 cm³/mol. The lowest BCUT2D eigenvalue weighted by molar-refractivity contribution is -0.119. The molecule has 0 unspecified atom stereocenters. The van der Waals surface area contributed by atoms with E-state index in [9.17, 15) is 9.59 Å². The minimum Gasteiger partial charge on any atom is -0.497 e. The summed E-state index contributed by atoms with van der Waals surface area (Å²) in [5.41, 5.74) is 2.85. The largest absolute Gasteiger partial charge is 0.497 e. The van der Waals surface area contributed by atoms with Gasteiger partial charge in [0.25, 0.3) is 5.91 Å². The molecule has 3 aromatic carbocycles. The number of carbonyl (C=O) groups is 2. The number of benzene rings is 3. The predicted octanol–water partition coefficient (Wildman–Crippen LogP) is 4.26. The van der Waals surface area contributed by atoms with E-state index in [0.29, 0.717) is 30.2 Å². The lowest BCUT2D eigenvalue weighted by atomic mass is 9.79. The molecule has 0 fully saturated rings. The number of methoxy groups -OCH3 is 2. The van der Waals surface area contributed by atoms with Gasteiger partial charge in [-0.05, 0) is 41.5 Å². The standard InChI is InChI=1S/C26H26N2O4/c1-31-17-16-28-24(18-8-4-3-5-9-18)23(21-10-6-7-11-22(21)26(28)30)25(29)27-19-12-14-20(32-2)15-13-19/h3-15,23-24H,16-17H2,1-2H3,(H,27,29)/t23-,24-/m0/s1. The number of amides is 2. The molecule has 6 nitrogen and oxygen atoms in total. The summed E-state index contributed by atoms with van der Waals surface area (Å²) >= 11 is 0. The number of anilines is 1. The van der Waals surface area contributed by atoms with E-state index in [2.05, 4.69) is 5.32 Å². The van der Waals surface area contributed by atoms with Gasteiger partial charge in [0.05, 0.1) is 25.7 Å². The van der Waals surface area contributed by atoms with Crippen molar-refractivity contribution in [3.8, 4) is 5.75 Å². The summed E-state index contributed by atoms with van der Waals surface area (Å²) in [6.45, 7) is 0.763. The number of ether oxygens (including phenoxy) is 2. The van der Waals surface area contributed by atoms with Gasteiger partial charge in [-0.2, -0.15) is 0 Å². The topological polar surface area (TPSA) is 67.9 Å². The lowest BCUT2D eigenvalue weighted by Gasteiger charge is -2.41. The molecular weight excluding hydrogens is 404 g/mol. The van der Waals surface area contributed by atoms with Crippen LogP contribution in [0.1, 0.15) is 33.4 Å². The molecule has 4 rings (SSSR count). The van der Waals surface area contributed by atoms with Crippen molar-refractivity contribution in [2.45, 2.75) is 12.0 Å². The molecule has 0 spiro atoms. The van der Waals surface area contributed by atoms with E-state index in [1.54, 1.807) is 49.5 Å². The Morgan fingerprint density at radius 3 is 2.31 bits per heavy atom. The second kappa shape index (κ2) is 9.66. The van der Waals surface area contributed by atoms with Crippen molar-refractivity contribution in [1.82, 2.24) is 4.90 Å². The number of rotatable bonds is 7. The molecule has 0 saturated carbocycles. The highest BCUT2D eigenvalue weighted by Crippen LogP contribution is 2.43. The summed E-state index contributed by atoms with van der Waals surface area (Å²) in [6, 6.07) is 23.8. The van der Waals surface area contributed by atoms with Crippen molar-refractivity contribution in [1.29, 1.82) is 0 Å². The summed E-state index contributed by atoms with van der Waals surface area (Å²) in [5.74, 6) is -0.138. The first-order valence-corrected chi connectivity index (χ1v) is 10.5. The van der Waals surface area contributed by atoms with Crippen LogP contribution in [0.25, 0.3) is 0 Å². The number of hydrogen-bond acceptors (Lipinski definition) is 4. The fraction of sp³-hybridized carbons (Fsp3) is 0.231. The van der Waals surface area contributed by atoms with Crippen LogP contribution >= 0.6 is 0 Å². The van der Waals surface area contributed by atoms with Crippen LogP contribution in [-0.4, -0.2) is 44.1 Å². The molecule has 164 valence electrons. The highest BCUT2D eigenvalue weighted by Gasteiger charge is 2.43. The van der Waals surface area contributed by atoms with Gasteiger partial charge in [-0.15, -0.1) is 0 Å². The molecule has 2 amide bonds. The maximum atomic E-state index is 13.7. The quantitative estimate of drug-likeness (QED) is 0.608. The van der Waals surface area contributed by atoms with Gasteiger partial charge >= 0.3 is 0 Å². The molecule has 32 heavy (non-hydrogen) atoms. The number of hydrogen-bond donors (Lipinski definition) is 1. The molecule has 6 heteroatoms. The van der Waals surface area contributed by atoms with E-state index in [0.717, 1.165) is 11.1 Å². The zero-order valence-corrected chi connectivity index (χ0v) is 18.2. The van der Waals surface area contributed by atoms with Gasteiger partial charge < -0.3 is 19.7 Å². The normalized spacial score (nSPS) is 17.6. The zero-order chi connectivity index (χ0) is 22.5. The Labute approximate surface area is 187 Å². The lowest BCUT2D eigenvalue weighted by Crippen LogP contribution is -2.47. The maximum absolute atomic E-state index is 13.7. The van der Waals surface area contributed by atoms with Crippen LogP contribution in [0.15, 0.2) is 78.9 Å². The third kappa shape index (κ3) is 4.22. The van der Waals surface area contributed by atoms with Crippen molar-refractivity contribution < 1.29 is 19.1 Å². The Morgan fingerprint density at radius 1 is 0.938 bits per heavy atom. The van der Waals surface area contributed by atoms with Crippen LogP contribution in [0.3, 0.4) is 0 Å². The van der Waals surface area contributed by atoms with Crippen LogP contribution < -0.4 is 10.1 Å². The van der Waals surface area contributed by atoms with Gasteiger partial charge in [0.15, 0.2) is 0 Å². The van der Waals surface area contributed by atoms with Crippen LogP contribution in [0.2, 0.25) is 0 Å². The van der Waals surface area contributed by atoms with Gasteiger partial charge in [-0.1, -0.05) is 48.5 Å². The molecule has 0 saturated heterocycles. The van der Waals surface area contributed by atoms with E-state index in [4.69, 9.17) is 9.47 Å². The minimum absolute atomic E-state index is 0.0972. The Bertz CT molecular complexity index is 1080. The van der Waals surface area contributed by atoms with Gasteiger partial charge in [-0.25, -0.2) is 0 Å². The van der Waals surface area contributed by atoms with E-state index in [1.165, 1.54) is 0 Å². The van der Waals surface area contributed by atoms with Crippen LogP contribution in [0.5, 0.6) is 5.75 Å². The molecule has 1 N–H and O–H groups in total. The fourth-order valence-electron chi connectivity index (χ4n) is 4.23. The smallest absolute Gasteiger partial charge is 0.254 e. The Hall–Kier alpha value is -3.64. The van der Waals surface area contributed by atoms with Gasteiger partial charge in [0.1, 0.15) is 5.75 Å².